The number of halogens is 1. The first kappa shape index (κ1) is 14.0. The number of hydrogen-bond donors (Lipinski definition) is 2. The zero-order valence-corrected chi connectivity index (χ0v) is 12.9. The Balaban J connectivity index is 1.67. The van der Waals surface area contributed by atoms with Crippen molar-refractivity contribution in [2.45, 2.75) is 43.4 Å². The molecule has 2 atom stereocenters. The van der Waals surface area contributed by atoms with Crippen LogP contribution in [0.3, 0.4) is 0 Å². The molecule has 1 amide bonds. The highest BCUT2D eigenvalue weighted by Crippen LogP contribution is 2.46. The molecule has 2 fully saturated rings. The summed E-state index contributed by atoms with van der Waals surface area (Å²) in [7, 11) is 0. The molecular formula is C15H19BrN2O2. The van der Waals surface area contributed by atoms with Crippen LogP contribution in [0.5, 0.6) is 0 Å². The van der Waals surface area contributed by atoms with Crippen molar-refractivity contribution < 1.29 is 9.53 Å². The van der Waals surface area contributed by atoms with Crippen molar-refractivity contribution in [3.8, 4) is 0 Å². The fourth-order valence-electron chi connectivity index (χ4n) is 2.79. The first-order valence-corrected chi connectivity index (χ1v) is 7.86. The van der Waals surface area contributed by atoms with E-state index in [4.69, 9.17) is 10.5 Å². The van der Waals surface area contributed by atoms with Crippen LogP contribution in [-0.2, 0) is 15.1 Å². The van der Waals surface area contributed by atoms with Gasteiger partial charge in [0.25, 0.3) is 0 Å². The van der Waals surface area contributed by atoms with Crippen molar-refractivity contribution in [3.05, 3.63) is 34.3 Å². The third-order valence-corrected chi connectivity index (χ3v) is 4.65. The molecule has 1 aromatic rings. The number of nitrogens with two attached hydrogens (primary N) is 1. The summed E-state index contributed by atoms with van der Waals surface area (Å²) in [5, 5.41) is 3.17. The Morgan fingerprint density at radius 3 is 2.85 bits per heavy atom. The lowest BCUT2D eigenvalue weighted by Gasteiger charge is -2.21. The summed E-state index contributed by atoms with van der Waals surface area (Å²) in [5.74, 6) is -0.00146. The van der Waals surface area contributed by atoms with E-state index in [1.165, 1.54) is 0 Å². The molecule has 1 aliphatic carbocycles. The standard InChI is InChI=1S/C15H19BrN2O2/c16-11-3-1-2-10(8-11)15(6-7-15)18-14(19)13-5-4-12(9-17)20-13/h1-3,8,12-13H,4-7,9,17H2,(H,18,19)/t12-,13+/m1/s1. The van der Waals surface area contributed by atoms with E-state index in [-0.39, 0.29) is 23.7 Å². The minimum atomic E-state index is -0.340. The Bertz CT molecular complexity index is 516. The number of carbonyl (C=O) groups is 1. The minimum absolute atomic E-state index is 0.00146. The molecule has 0 radical (unpaired) electrons. The van der Waals surface area contributed by atoms with Gasteiger partial charge in [-0.3, -0.25) is 4.79 Å². The first-order chi connectivity index (χ1) is 9.63. The minimum Gasteiger partial charge on any atom is -0.364 e. The summed E-state index contributed by atoms with van der Waals surface area (Å²) in [5.41, 5.74) is 6.55. The Morgan fingerprint density at radius 2 is 2.25 bits per heavy atom. The van der Waals surface area contributed by atoms with E-state index in [1.807, 2.05) is 12.1 Å². The lowest BCUT2D eigenvalue weighted by atomic mass is 10.0. The molecule has 1 saturated carbocycles. The molecule has 1 aliphatic heterocycles. The van der Waals surface area contributed by atoms with E-state index in [1.54, 1.807) is 0 Å². The van der Waals surface area contributed by atoms with Gasteiger partial charge in [-0.25, -0.2) is 0 Å². The van der Waals surface area contributed by atoms with Gasteiger partial charge in [-0.2, -0.15) is 0 Å². The van der Waals surface area contributed by atoms with E-state index in [9.17, 15) is 4.79 Å². The van der Waals surface area contributed by atoms with Crippen LogP contribution in [0.25, 0.3) is 0 Å². The van der Waals surface area contributed by atoms with Crippen molar-refractivity contribution in [2.24, 2.45) is 5.73 Å². The number of benzene rings is 1. The second-order valence-electron chi connectivity index (χ2n) is 5.64. The highest BCUT2D eigenvalue weighted by Gasteiger charge is 2.47. The van der Waals surface area contributed by atoms with Crippen LogP contribution < -0.4 is 11.1 Å². The fourth-order valence-corrected chi connectivity index (χ4v) is 3.18. The number of amides is 1. The maximum Gasteiger partial charge on any atom is 0.249 e. The second kappa shape index (κ2) is 5.47. The molecule has 0 aromatic heterocycles. The molecule has 108 valence electrons. The summed E-state index contributed by atoms with van der Waals surface area (Å²) < 4.78 is 6.70. The van der Waals surface area contributed by atoms with Crippen molar-refractivity contribution in [2.75, 3.05) is 6.54 Å². The molecule has 20 heavy (non-hydrogen) atoms. The van der Waals surface area contributed by atoms with Gasteiger partial charge in [0.15, 0.2) is 0 Å². The van der Waals surface area contributed by atoms with Gasteiger partial charge in [-0.05, 0) is 43.4 Å². The number of nitrogens with one attached hydrogen (secondary N) is 1. The number of hydrogen-bond acceptors (Lipinski definition) is 3. The maximum atomic E-state index is 12.3. The normalized spacial score (nSPS) is 27.3. The Kier molecular flexibility index (Phi) is 3.84. The van der Waals surface area contributed by atoms with Gasteiger partial charge in [0.2, 0.25) is 5.91 Å². The zero-order valence-electron chi connectivity index (χ0n) is 11.3. The fraction of sp³-hybridized carbons (Fsp3) is 0.533. The van der Waals surface area contributed by atoms with Crippen LogP contribution in [0.2, 0.25) is 0 Å². The highest BCUT2D eigenvalue weighted by atomic mass is 79.9. The van der Waals surface area contributed by atoms with Crippen LogP contribution in [0, 0.1) is 0 Å². The molecule has 5 heteroatoms. The molecule has 1 aromatic carbocycles. The third kappa shape index (κ3) is 2.75. The van der Waals surface area contributed by atoms with Crippen molar-refractivity contribution in [3.63, 3.8) is 0 Å². The third-order valence-electron chi connectivity index (χ3n) is 4.15. The SMILES string of the molecule is NC[C@H]1CC[C@@H](C(=O)NC2(c3cccc(Br)c3)CC2)O1. The van der Waals surface area contributed by atoms with Gasteiger partial charge < -0.3 is 15.8 Å². The predicted octanol–water partition coefficient (Wildman–Crippen LogP) is 2.06. The predicted molar refractivity (Wildman–Crippen MR) is 80.1 cm³/mol. The summed E-state index contributed by atoms with van der Waals surface area (Å²) in [6, 6.07) is 8.14. The lowest BCUT2D eigenvalue weighted by molar-refractivity contribution is -0.133. The van der Waals surface area contributed by atoms with Crippen molar-refractivity contribution in [1.82, 2.24) is 5.32 Å². The maximum absolute atomic E-state index is 12.3. The van der Waals surface area contributed by atoms with Gasteiger partial charge in [0.05, 0.1) is 11.6 Å². The quantitative estimate of drug-likeness (QED) is 0.883. The smallest absolute Gasteiger partial charge is 0.249 e. The van der Waals surface area contributed by atoms with Crippen LogP contribution in [0.1, 0.15) is 31.2 Å². The van der Waals surface area contributed by atoms with Gasteiger partial charge in [0, 0.05) is 11.0 Å². The number of carbonyl (C=O) groups excluding carboxylic acids is 1. The topological polar surface area (TPSA) is 64.4 Å². The summed E-state index contributed by atoms with van der Waals surface area (Å²) >= 11 is 3.48. The summed E-state index contributed by atoms with van der Waals surface area (Å²) in [6.07, 6.45) is 3.31. The molecule has 3 N–H and O–H groups in total. The van der Waals surface area contributed by atoms with Gasteiger partial charge in [-0.1, -0.05) is 28.1 Å². The Hall–Kier alpha value is -0.910. The van der Waals surface area contributed by atoms with Crippen molar-refractivity contribution in [1.29, 1.82) is 0 Å². The van der Waals surface area contributed by atoms with Crippen LogP contribution in [-0.4, -0.2) is 24.7 Å². The monoisotopic (exact) mass is 338 g/mol. The summed E-state index contributed by atoms with van der Waals surface area (Å²) in [6.45, 7) is 0.487. The number of ether oxygens (including phenoxy) is 1. The van der Waals surface area contributed by atoms with E-state index in [2.05, 4.69) is 33.4 Å². The molecule has 0 unspecified atom stereocenters. The van der Waals surface area contributed by atoms with Gasteiger partial charge in [0.1, 0.15) is 6.10 Å². The molecule has 0 bridgehead atoms. The summed E-state index contributed by atoms with van der Waals surface area (Å²) in [4.78, 5) is 12.3. The average molecular weight is 339 g/mol. The molecule has 0 spiro atoms. The Morgan fingerprint density at radius 1 is 1.45 bits per heavy atom. The Labute approximate surface area is 127 Å². The molecule has 2 aliphatic rings. The van der Waals surface area contributed by atoms with Gasteiger partial charge in [-0.15, -0.1) is 0 Å². The highest BCUT2D eigenvalue weighted by molar-refractivity contribution is 9.10. The molecule has 4 nitrogen and oxygen atoms in total. The zero-order chi connectivity index (χ0) is 14.2. The second-order valence-corrected chi connectivity index (χ2v) is 6.56. The van der Waals surface area contributed by atoms with E-state index in [0.29, 0.717) is 6.54 Å². The molecule has 1 heterocycles. The van der Waals surface area contributed by atoms with E-state index < -0.39 is 0 Å². The van der Waals surface area contributed by atoms with Crippen LogP contribution >= 0.6 is 15.9 Å². The van der Waals surface area contributed by atoms with Gasteiger partial charge >= 0.3 is 0 Å². The largest absolute Gasteiger partial charge is 0.364 e. The molecule has 3 rings (SSSR count). The van der Waals surface area contributed by atoms with Crippen LogP contribution in [0.4, 0.5) is 0 Å². The average Bonchev–Trinajstić information content (AvgIpc) is 3.06. The molecular weight excluding hydrogens is 320 g/mol. The van der Waals surface area contributed by atoms with E-state index >= 15 is 0 Å². The van der Waals surface area contributed by atoms with Crippen LogP contribution in [0.15, 0.2) is 28.7 Å². The first-order valence-electron chi connectivity index (χ1n) is 7.06. The molecule has 1 saturated heterocycles. The lowest BCUT2D eigenvalue weighted by Crippen LogP contribution is -2.42. The van der Waals surface area contributed by atoms with E-state index in [0.717, 1.165) is 35.7 Å². The van der Waals surface area contributed by atoms with Crippen molar-refractivity contribution >= 4 is 21.8 Å². The number of rotatable bonds is 4.